The van der Waals surface area contributed by atoms with Crippen molar-refractivity contribution in [1.29, 1.82) is 0 Å². The molecule has 0 unspecified atom stereocenters. The van der Waals surface area contributed by atoms with Crippen LogP contribution >= 0.6 is 0 Å². The van der Waals surface area contributed by atoms with E-state index < -0.39 is 0 Å². The van der Waals surface area contributed by atoms with Crippen LogP contribution in [0.4, 0.5) is 5.69 Å². The summed E-state index contributed by atoms with van der Waals surface area (Å²) in [6.07, 6.45) is 2.15. The Balaban J connectivity index is 1.10. The predicted molar refractivity (Wildman–Crippen MR) is 133 cm³/mol. The van der Waals surface area contributed by atoms with Gasteiger partial charge >= 0.3 is 0 Å². The molecule has 180 valence electrons. The normalized spacial score (nSPS) is 25.2. The number of benzene rings is 2. The lowest BCUT2D eigenvalue weighted by atomic mass is 10.0. The first-order valence-electron chi connectivity index (χ1n) is 12.6. The Bertz CT molecular complexity index is 962. The molecule has 34 heavy (non-hydrogen) atoms. The Labute approximate surface area is 202 Å². The predicted octanol–water partition coefficient (Wildman–Crippen LogP) is 1.85. The van der Waals surface area contributed by atoms with Crippen molar-refractivity contribution < 1.29 is 9.59 Å². The molecule has 7 heteroatoms. The number of rotatable bonds is 7. The Hall–Kier alpha value is -2.90. The lowest BCUT2D eigenvalue weighted by molar-refractivity contribution is -0.132. The molecule has 2 N–H and O–H groups in total. The molecule has 7 nitrogen and oxygen atoms in total. The zero-order valence-electron chi connectivity index (χ0n) is 19.7. The lowest BCUT2D eigenvalue weighted by Crippen LogP contribution is -2.58. The van der Waals surface area contributed by atoms with Gasteiger partial charge in [-0.2, -0.15) is 0 Å². The van der Waals surface area contributed by atoms with E-state index in [-0.39, 0.29) is 23.9 Å². The molecular formula is C27H35N5O2. The van der Waals surface area contributed by atoms with E-state index in [1.54, 1.807) is 0 Å². The van der Waals surface area contributed by atoms with Crippen molar-refractivity contribution in [2.24, 2.45) is 0 Å². The van der Waals surface area contributed by atoms with Gasteiger partial charge in [-0.25, -0.2) is 0 Å². The molecule has 0 aliphatic carbocycles. The molecule has 2 aromatic carbocycles. The summed E-state index contributed by atoms with van der Waals surface area (Å²) in [5.74, 6) is 0.364. The highest BCUT2D eigenvalue weighted by Crippen LogP contribution is 2.26. The first-order valence-corrected chi connectivity index (χ1v) is 12.6. The van der Waals surface area contributed by atoms with Crippen molar-refractivity contribution in [2.75, 3.05) is 44.2 Å². The minimum absolute atomic E-state index is 0.0865. The number of nitrogens with zero attached hydrogens (tertiary/aromatic N) is 3. The summed E-state index contributed by atoms with van der Waals surface area (Å²) in [6.45, 7) is 5.59. The van der Waals surface area contributed by atoms with Crippen molar-refractivity contribution in [2.45, 2.75) is 43.9 Å². The first kappa shape index (κ1) is 22.9. The molecule has 5 rings (SSSR count). The number of hydrogen-bond acceptors (Lipinski definition) is 5. The van der Waals surface area contributed by atoms with Crippen LogP contribution < -0.4 is 15.5 Å². The topological polar surface area (TPSA) is 67.9 Å². The molecule has 2 aromatic rings. The highest BCUT2D eigenvalue weighted by atomic mass is 16.2. The highest BCUT2D eigenvalue weighted by molar-refractivity contribution is 5.83. The molecule has 3 fully saturated rings. The number of piperazine rings is 2. The van der Waals surface area contributed by atoms with Gasteiger partial charge < -0.3 is 20.4 Å². The number of carbonyl (C=O) groups is 2. The molecule has 0 radical (unpaired) electrons. The fourth-order valence-corrected chi connectivity index (χ4v) is 5.55. The quantitative estimate of drug-likeness (QED) is 0.659. The van der Waals surface area contributed by atoms with Gasteiger partial charge in [-0.15, -0.1) is 0 Å². The van der Waals surface area contributed by atoms with E-state index in [9.17, 15) is 9.59 Å². The molecular weight excluding hydrogens is 426 g/mol. The average Bonchev–Trinajstić information content (AvgIpc) is 3.34. The van der Waals surface area contributed by atoms with Gasteiger partial charge in [0.15, 0.2) is 0 Å². The molecule has 3 aliphatic heterocycles. The second-order valence-electron chi connectivity index (χ2n) is 9.65. The average molecular weight is 462 g/mol. The molecule has 0 saturated carbocycles. The van der Waals surface area contributed by atoms with Crippen molar-refractivity contribution >= 4 is 17.5 Å². The van der Waals surface area contributed by atoms with Crippen LogP contribution in [0.15, 0.2) is 60.7 Å². The maximum atomic E-state index is 13.0. The van der Waals surface area contributed by atoms with E-state index in [0.29, 0.717) is 19.0 Å². The number of anilines is 1. The minimum Gasteiger partial charge on any atom is -0.368 e. The summed E-state index contributed by atoms with van der Waals surface area (Å²) < 4.78 is 0. The number of fused-ring (bicyclic) bond motifs is 1. The number of para-hydroxylation sites is 1. The molecule has 3 aliphatic rings. The summed E-state index contributed by atoms with van der Waals surface area (Å²) in [5, 5.41) is 6.71. The van der Waals surface area contributed by atoms with Gasteiger partial charge in [-0.1, -0.05) is 48.5 Å². The van der Waals surface area contributed by atoms with Crippen LogP contribution in [-0.2, 0) is 16.1 Å². The SMILES string of the molecule is O=C1NC[C@@H](CCC(=O)N2CCN(c3ccccc3)CC2)N2C[C@@H](NCc3ccccc3)C[C@@H]12. The molecule has 2 amide bonds. The fourth-order valence-electron chi connectivity index (χ4n) is 5.55. The maximum absolute atomic E-state index is 13.0. The molecule has 0 bridgehead atoms. The summed E-state index contributed by atoms with van der Waals surface area (Å²) in [7, 11) is 0. The van der Waals surface area contributed by atoms with E-state index in [0.717, 1.165) is 52.1 Å². The van der Waals surface area contributed by atoms with Gasteiger partial charge in [0.1, 0.15) is 0 Å². The van der Waals surface area contributed by atoms with Gasteiger partial charge in [0.2, 0.25) is 11.8 Å². The van der Waals surface area contributed by atoms with Gasteiger partial charge in [-0.3, -0.25) is 14.5 Å². The van der Waals surface area contributed by atoms with Crippen LogP contribution in [0.5, 0.6) is 0 Å². The van der Waals surface area contributed by atoms with Crippen molar-refractivity contribution in [3.8, 4) is 0 Å². The monoisotopic (exact) mass is 461 g/mol. The Morgan fingerprint density at radius 2 is 1.68 bits per heavy atom. The lowest BCUT2D eigenvalue weighted by Gasteiger charge is -2.38. The van der Waals surface area contributed by atoms with E-state index in [2.05, 4.69) is 69.0 Å². The van der Waals surface area contributed by atoms with Crippen LogP contribution in [0.2, 0.25) is 0 Å². The first-order chi connectivity index (χ1) is 16.7. The van der Waals surface area contributed by atoms with Gasteiger partial charge in [0.25, 0.3) is 0 Å². The van der Waals surface area contributed by atoms with E-state index in [4.69, 9.17) is 0 Å². The van der Waals surface area contributed by atoms with Crippen LogP contribution in [0.25, 0.3) is 0 Å². The van der Waals surface area contributed by atoms with Gasteiger partial charge in [-0.05, 0) is 30.5 Å². The number of amides is 2. The number of hydrogen-bond donors (Lipinski definition) is 2. The minimum atomic E-state index is -0.0865. The molecule has 3 heterocycles. The standard InChI is InChI=1S/C27H35N5O2/c33-26(31-15-13-30(14-16-31)23-9-5-2-6-10-23)12-11-24-19-29-27(34)25-17-22(20-32(24)25)28-18-21-7-3-1-4-8-21/h1-10,22,24-25,28H,11-20H2,(H,29,34)/t22-,24+,25-/m0/s1. The number of carbonyl (C=O) groups excluding carboxylic acids is 2. The van der Waals surface area contributed by atoms with Crippen molar-refractivity contribution in [1.82, 2.24) is 20.4 Å². The third kappa shape index (κ3) is 5.26. The smallest absolute Gasteiger partial charge is 0.237 e. The third-order valence-electron chi connectivity index (χ3n) is 7.51. The Morgan fingerprint density at radius 1 is 0.971 bits per heavy atom. The maximum Gasteiger partial charge on any atom is 0.237 e. The summed E-state index contributed by atoms with van der Waals surface area (Å²) in [4.78, 5) is 32.2. The fraction of sp³-hybridized carbons (Fsp3) is 0.481. The van der Waals surface area contributed by atoms with Crippen LogP contribution in [0.1, 0.15) is 24.8 Å². The van der Waals surface area contributed by atoms with Crippen molar-refractivity contribution in [3.63, 3.8) is 0 Å². The molecule has 0 aromatic heterocycles. The third-order valence-corrected chi connectivity index (χ3v) is 7.51. The highest BCUT2D eigenvalue weighted by Gasteiger charge is 2.43. The summed E-state index contributed by atoms with van der Waals surface area (Å²) in [6, 6.07) is 21.2. The second-order valence-corrected chi connectivity index (χ2v) is 9.65. The van der Waals surface area contributed by atoms with Crippen LogP contribution in [-0.4, -0.2) is 79.0 Å². The van der Waals surface area contributed by atoms with Crippen LogP contribution in [0.3, 0.4) is 0 Å². The molecule has 0 spiro atoms. The Kier molecular flexibility index (Phi) is 7.11. The van der Waals surface area contributed by atoms with Crippen molar-refractivity contribution in [3.05, 3.63) is 66.2 Å². The Morgan fingerprint density at radius 3 is 2.41 bits per heavy atom. The van der Waals surface area contributed by atoms with Crippen LogP contribution in [0, 0.1) is 0 Å². The summed E-state index contributed by atoms with van der Waals surface area (Å²) >= 11 is 0. The van der Waals surface area contributed by atoms with E-state index in [1.807, 2.05) is 17.0 Å². The molecule has 3 saturated heterocycles. The zero-order valence-corrected chi connectivity index (χ0v) is 19.7. The second kappa shape index (κ2) is 10.6. The largest absolute Gasteiger partial charge is 0.368 e. The molecule has 3 atom stereocenters. The number of nitrogens with one attached hydrogen (secondary N) is 2. The zero-order chi connectivity index (χ0) is 23.3. The van der Waals surface area contributed by atoms with E-state index >= 15 is 0 Å². The van der Waals surface area contributed by atoms with Gasteiger partial charge in [0.05, 0.1) is 6.04 Å². The van der Waals surface area contributed by atoms with Gasteiger partial charge in [0, 0.05) is 70.0 Å². The summed E-state index contributed by atoms with van der Waals surface area (Å²) in [5.41, 5.74) is 2.48. The van der Waals surface area contributed by atoms with E-state index in [1.165, 1.54) is 11.3 Å².